The van der Waals surface area contributed by atoms with E-state index in [1.807, 2.05) is 13.0 Å². The van der Waals surface area contributed by atoms with Crippen LogP contribution in [0.15, 0.2) is 16.6 Å². The molecular formula is C12H12BrNO3. The normalized spacial score (nSPS) is 22.2. The van der Waals surface area contributed by atoms with Crippen LogP contribution < -0.4 is 5.32 Å². The van der Waals surface area contributed by atoms with Crippen LogP contribution in [0.3, 0.4) is 0 Å². The van der Waals surface area contributed by atoms with Crippen LogP contribution in [0, 0.1) is 6.92 Å². The largest absolute Gasteiger partial charge is 0.375 e. The van der Waals surface area contributed by atoms with Gasteiger partial charge < -0.3 is 10.4 Å². The molecule has 17 heavy (non-hydrogen) atoms. The number of Topliss-reactive ketones (excluding diaryl/α,β-unsaturated/α-hetero) is 1. The van der Waals surface area contributed by atoms with E-state index in [-0.39, 0.29) is 12.2 Å². The lowest BCUT2D eigenvalue weighted by molar-refractivity contribution is -0.139. The van der Waals surface area contributed by atoms with Gasteiger partial charge in [0.25, 0.3) is 5.91 Å². The summed E-state index contributed by atoms with van der Waals surface area (Å²) in [7, 11) is 0. The monoisotopic (exact) mass is 297 g/mol. The maximum atomic E-state index is 11.8. The van der Waals surface area contributed by atoms with Gasteiger partial charge in [0.15, 0.2) is 5.60 Å². The number of fused-ring (bicyclic) bond motifs is 1. The molecule has 0 saturated heterocycles. The molecule has 1 aromatic rings. The van der Waals surface area contributed by atoms with E-state index in [4.69, 9.17) is 0 Å². The molecule has 90 valence electrons. The van der Waals surface area contributed by atoms with Crippen molar-refractivity contribution in [3.8, 4) is 0 Å². The Morgan fingerprint density at radius 3 is 2.76 bits per heavy atom. The van der Waals surface area contributed by atoms with Gasteiger partial charge in [0.1, 0.15) is 5.78 Å². The van der Waals surface area contributed by atoms with Crippen molar-refractivity contribution in [2.75, 3.05) is 5.32 Å². The molecule has 1 amide bonds. The molecule has 0 radical (unpaired) electrons. The highest BCUT2D eigenvalue weighted by atomic mass is 79.9. The third kappa shape index (κ3) is 1.89. The molecule has 1 aliphatic heterocycles. The minimum absolute atomic E-state index is 0.207. The number of aliphatic hydroxyl groups is 1. The van der Waals surface area contributed by atoms with E-state index in [0.717, 1.165) is 10.0 Å². The first-order chi connectivity index (χ1) is 7.84. The van der Waals surface area contributed by atoms with Gasteiger partial charge >= 0.3 is 0 Å². The van der Waals surface area contributed by atoms with Crippen molar-refractivity contribution in [3.05, 3.63) is 27.7 Å². The van der Waals surface area contributed by atoms with Crippen molar-refractivity contribution in [2.45, 2.75) is 25.9 Å². The first-order valence-corrected chi connectivity index (χ1v) is 5.98. The zero-order chi connectivity index (χ0) is 12.8. The van der Waals surface area contributed by atoms with Crippen LogP contribution in [-0.2, 0) is 15.2 Å². The number of carbonyl (C=O) groups excluding carboxylic acids is 2. The van der Waals surface area contributed by atoms with Gasteiger partial charge in [-0.25, -0.2) is 0 Å². The van der Waals surface area contributed by atoms with Gasteiger partial charge in [-0.05, 0) is 31.5 Å². The third-order valence-corrected chi connectivity index (χ3v) is 3.32. The molecule has 1 atom stereocenters. The molecule has 0 aliphatic carbocycles. The number of ketones is 1. The molecule has 2 N–H and O–H groups in total. The summed E-state index contributed by atoms with van der Waals surface area (Å²) < 4.78 is 0.771. The second-order valence-corrected chi connectivity index (χ2v) is 5.25. The predicted molar refractivity (Wildman–Crippen MR) is 66.7 cm³/mol. The zero-order valence-electron chi connectivity index (χ0n) is 9.50. The Balaban J connectivity index is 2.60. The fourth-order valence-electron chi connectivity index (χ4n) is 2.11. The van der Waals surface area contributed by atoms with Crippen molar-refractivity contribution >= 4 is 33.3 Å². The maximum absolute atomic E-state index is 11.8. The number of halogens is 1. The Morgan fingerprint density at radius 2 is 2.18 bits per heavy atom. The van der Waals surface area contributed by atoms with E-state index in [1.54, 1.807) is 6.07 Å². The summed E-state index contributed by atoms with van der Waals surface area (Å²) in [5.41, 5.74) is 0.170. The molecule has 1 aromatic carbocycles. The van der Waals surface area contributed by atoms with Crippen molar-refractivity contribution in [2.24, 2.45) is 0 Å². The number of aryl methyl sites for hydroxylation is 1. The Kier molecular flexibility index (Phi) is 2.83. The summed E-state index contributed by atoms with van der Waals surface area (Å²) in [5.74, 6) is -0.767. The molecule has 5 heteroatoms. The lowest BCUT2D eigenvalue weighted by Gasteiger charge is -2.19. The molecule has 0 bridgehead atoms. The van der Waals surface area contributed by atoms with Crippen LogP contribution in [0.4, 0.5) is 5.69 Å². The highest BCUT2D eigenvalue weighted by Gasteiger charge is 2.46. The van der Waals surface area contributed by atoms with Crippen LogP contribution in [0.1, 0.15) is 24.5 Å². The van der Waals surface area contributed by atoms with E-state index in [1.165, 1.54) is 6.92 Å². The number of anilines is 1. The van der Waals surface area contributed by atoms with Crippen molar-refractivity contribution in [3.63, 3.8) is 0 Å². The summed E-state index contributed by atoms with van der Waals surface area (Å²) in [6, 6.07) is 3.52. The summed E-state index contributed by atoms with van der Waals surface area (Å²) in [6.45, 7) is 3.19. The van der Waals surface area contributed by atoms with E-state index < -0.39 is 11.5 Å². The fourth-order valence-corrected chi connectivity index (χ4v) is 2.68. The Bertz CT molecular complexity index is 527. The molecule has 0 aromatic heterocycles. The van der Waals surface area contributed by atoms with Crippen molar-refractivity contribution in [1.29, 1.82) is 0 Å². The van der Waals surface area contributed by atoms with E-state index in [2.05, 4.69) is 21.2 Å². The zero-order valence-corrected chi connectivity index (χ0v) is 11.1. The van der Waals surface area contributed by atoms with Gasteiger partial charge in [0.2, 0.25) is 0 Å². The standard InChI is InChI=1S/C12H12BrNO3/c1-6-3-8(13)4-9-10(6)14-11(16)12(9,17)5-7(2)15/h3-4,17H,5H2,1-2H3,(H,14,16). The van der Waals surface area contributed by atoms with Gasteiger partial charge in [-0.3, -0.25) is 9.59 Å². The number of hydrogen-bond acceptors (Lipinski definition) is 3. The molecule has 0 saturated carbocycles. The second-order valence-electron chi connectivity index (χ2n) is 4.34. The minimum Gasteiger partial charge on any atom is -0.375 e. The minimum atomic E-state index is -1.74. The quantitative estimate of drug-likeness (QED) is 0.876. The van der Waals surface area contributed by atoms with E-state index in [9.17, 15) is 14.7 Å². The average molecular weight is 298 g/mol. The van der Waals surface area contributed by atoms with Crippen LogP contribution >= 0.6 is 15.9 Å². The number of hydrogen-bond donors (Lipinski definition) is 2. The lowest BCUT2D eigenvalue weighted by Crippen LogP contribution is -2.35. The highest BCUT2D eigenvalue weighted by Crippen LogP contribution is 2.41. The number of rotatable bonds is 2. The van der Waals surface area contributed by atoms with Crippen molar-refractivity contribution < 1.29 is 14.7 Å². The summed E-state index contributed by atoms with van der Waals surface area (Å²) in [6.07, 6.45) is -0.207. The highest BCUT2D eigenvalue weighted by molar-refractivity contribution is 9.10. The van der Waals surface area contributed by atoms with Crippen LogP contribution in [0.2, 0.25) is 0 Å². The van der Waals surface area contributed by atoms with E-state index in [0.29, 0.717) is 11.3 Å². The summed E-state index contributed by atoms with van der Waals surface area (Å²) in [5, 5.41) is 13.0. The van der Waals surface area contributed by atoms with Crippen molar-refractivity contribution in [1.82, 2.24) is 0 Å². The Hall–Kier alpha value is -1.20. The fraction of sp³-hybridized carbons (Fsp3) is 0.333. The molecule has 1 unspecified atom stereocenters. The van der Waals surface area contributed by atoms with Gasteiger partial charge in [0.05, 0.1) is 5.69 Å². The smallest absolute Gasteiger partial charge is 0.261 e. The number of nitrogens with one attached hydrogen (secondary N) is 1. The van der Waals surface area contributed by atoms with Crippen LogP contribution in [-0.4, -0.2) is 16.8 Å². The first kappa shape index (κ1) is 12.3. The third-order valence-electron chi connectivity index (χ3n) is 2.86. The molecule has 1 heterocycles. The number of benzene rings is 1. The van der Waals surface area contributed by atoms with Crippen LogP contribution in [0.5, 0.6) is 0 Å². The Labute approximate surface area is 107 Å². The molecular weight excluding hydrogens is 286 g/mol. The second kappa shape index (κ2) is 3.92. The molecule has 0 fully saturated rings. The summed E-state index contributed by atoms with van der Waals surface area (Å²) >= 11 is 3.32. The summed E-state index contributed by atoms with van der Waals surface area (Å²) in [4.78, 5) is 23.0. The number of carbonyl (C=O) groups is 2. The maximum Gasteiger partial charge on any atom is 0.261 e. The Morgan fingerprint density at radius 1 is 1.53 bits per heavy atom. The lowest BCUT2D eigenvalue weighted by atomic mass is 9.89. The van der Waals surface area contributed by atoms with Gasteiger partial charge in [-0.15, -0.1) is 0 Å². The molecule has 4 nitrogen and oxygen atoms in total. The SMILES string of the molecule is CC(=O)CC1(O)C(=O)Nc2c(C)cc(Br)cc21. The topological polar surface area (TPSA) is 66.4 Å². The average Bonchev–Trinajstić information content (AvgIpc) is 2.41. The predicted octanol–water partition coefficient (Wildman–Crippen LogP) is 1.88. The van der Waals surface area contributed by atoms with E-state index >= 15 is 0 Å². The molecule has 1 aliphatic rings. The number of amides is 1. The van der Waals surface area contributed by atoms with Gasteiger partial charge in [-0.2, -0.15) is 0 Å². The van der Waals surface area contributed by atoms with Gasteiger partial charge in [-0.1, -0.05) is 15.9 Å². The van der Waals surface area contributed by atoms with Crippen LogP contribution in [0.25, 0.3) is 0 Å². The van der Waals surface area contributed by atoms with Gasteiger partial charge in [0, 0.05) is 16.5 Å². The molecule has 0 spiro atoms. The first-order valence-electron chi connectivity index (χ1n) is 5.18. The molecule has 2 rings (SSSR count).